The van der Waals surface area contributed by atoms with E-state index in [1.807, 2.05) is 0 Å². The second-order valence-corrected chi connectivity index (χ2v) is 4.32. The first-order chi connectivity index (χ1) is 6.54. The van der Waals surface area contributed by atoms with Gasteiger partial charge < -0.3 is 5.11 Å². The Hall–Kier alpha value is -0.900. The largest absolute Gasteiger partial charge is 0.479 e. The lowest BCUT2D eigenvalue weighted by molar-refractivity contribution is -0.151. The lowest BCUT2D eigenvalue weighted by atomic mass is 9.98. The number of carboxylic acids is 1. The van der Waals surface area contributed by atoms with Gasteiger partial charge in [0.25, 0.3) is 0 Å². The molecule has 1 atom stereocenters. The summed E-state index contributed by atoms with van der Waals surface area (Å²) in [7, 11) is 0. The number of rotatable bonds is 1. The third-order valence-corrected chi connectivity index (χ3v) is 3.07. The van der Waals surface area contributed by atoms with E-state index in [-0.39, 0.29) is 6.42 Å². The fourth-order valence-electron chi connectivity index (χ4n) is 1.80. The quantitative estimate of drug-likeness (QED) is 0.841. The van der Waals surface area contributed by atoms with Crippen LogP contribution in [-0.2, 0) is 16.9 Å². The lowest BCUT2D eigenvalue weighted by Crippen LogP contribution is -2.27. The van der Waals surface area contributed by atoms with Crippen molar-refractivity contribution in [3.05, 3.63) is 33.8 Å². The maximum absolute atomic E-state index is 14.0. The highest BCUT2D eigenvalue weighted by atomic mass is 79.9. The van der Waals surface area contributed by atoms with Crippen LogP contribution >= 0.6 is 15.9 Å². The predicted octanol–water partition coefficient (Wildman–Crippen LogP) is 2.64. The number of carbonyl (C=O) groups is 1. The van der Waals surface area contributed by atoms with Gasteiger partial charge >= 0.3 is 5.97 Å². The molecule has 2 rings (SSSR count). The predicted molar refractivity (Wildman–Crippen MR) is 52.9 cm³/mol. The lowest BCUT2D eigenvalue weighted by Gasteiger charge is -2.14. The van der Waals surface area contributed by atoms with Gasteiger partial charge in [0.15, 0.2) is 0 Å². The molecule has 14 heavy (non-hydrogen) atoms. The fourth-order valence-corrected chi connectivity index (χ4v) is 2.16. The summed E-state index contributed by atoms with van der Waals surface area (Å²) in [5.74, 6) is -1.39. The Bertz CT molecular complexity index is 405. The van der Waals surface area contributed by atoms with Crippen LogP contribution in [0.1, 0.15) is 17.5 Å². The van der Waals surface area contributed by atoms with Crippen LogP contribution in [0.2, 0.25) is 0 Å². The Morgan fingerprint density at radius 1 is 1.57 bits per heavy atom. The molecule has 0 aliphatic heterocycles. The van der Waals surface area contributed by atoms with Crippen molar-refractivity contribution >= 4 is 21.9 Å². The molecule has 1 N–H and O–H groups in total. The van der Waals surface area contributed by atoms with Gasteiger partial charge in [-0.25, -0.2) is 9.18 Å². The molecule has 1 aliphatic rings. The molecule has 74 valence electrons. The van der Waals surface area contributed by atoms with Gasteiger partial charge in [-0.3, -0.25) is 0 Å². The van der Waals surface area contributed by atoms with E-state index >= 15 is 0 Å². The van der Waals surface area contributed by atoms with Crippen molar-refractivity contribution in [2.24, 2.45) is 0 Å². The third-order valence-electron chi connectivity index (χ3n) is 2.58. The Kier molecular flexibility index (Phi) is 2.10. The number of fused-ring (bicyclic) bond motifs is 1. The number of aryl methyl sites for hydroxylation is 1. The zero-order valence-corrected chi connectivity index (χ0v) is 8.84. The smallest absolute Gasteiger partial charge is 0.346 e. The van der Waals surface area contributed by atoms with E-state index < -0.39 is 11.6 Å². The van der Waals surface area contributed by atoms with Crippen LogP contribution in [0.5, 0.6) is 0 Å². The van der Waals surface area contributed by atoms with Crippen LogP contribution in [0.4, 0.5) is 4.39 Å². The third kappa shape index (κ3) is 1.25. The molecule has 4 heteroatoms. The number of halogens is 2. The highest BCUT2D eigenvalue weighted by Crippen LogP contribution is 2.41. The van der Waals surface area contributed by atoms with Crippen LogP contribution < -0.4 is 0 Å². The molecule has 1 aromatic rings. The molecule has 0 saturated carbocycles. The molecule has 1 aliphatic carbocycles. The summed E-state index contributed by atoms with van der Waals surface area (Å²) in [6.45, 7) is 0. The Morgan fingerprint density at radius 3 is 2.93 bits per heavy atom. The van der Waals surface area contributed by atoms with Crippen LogP contribution in [0, 0.1) is 0 Å². The average molecular weight is 259 g/mol. The van der Waals surface area contributed by atoms with E-state index in [0.717, 1.165) is 5.56 Å². The fraction of sp³-hybridized carbons (Fsp3) is 0.300. The number of alkyl halides is 1. The zero-order valence-electron chi connectivity index (χ0n) is 7.26. The number of aliphatic carboxylic acids is 1. The summed E-state index contributed by atoms with van der Waals surface area (Å²) in [4.78, 5) is 10.8. The highest BCUT2D eigenvalue weighted by Gasteiger charge is 2.46. The Balaban J connectivity index is 2.58. The summed E-state index contributed by atoms with van der Waals surface area (Å²) in [5.41, 5.74) is -1.11. The van der Waals surface area contributed by atoms with Crippen molar-refractivity contribution in [3.8, 4) is 0 Å². The molecule has 2 nitrogen and oxygen atoms in total. The molecule has 0 amide bonds. The van der Waals surface area contributed by atoms with E-state index in [1.165, 1.54) is 0 Å². The maximum Gasteiger partial charge on any atom is 0.346 e. The van der Waals surface area contributed by atoms with E-state index in [1.54, 1.807) is 18.2 Å². The van der Waals surface area contributed by atoms with Gasteiger partial charge in [0, 0.05) is 16.5 Å². The van der Waals surface area contributed by atoms with E-state index in [2.05, 4.69) is 15.9 Å². The van der Waals surface area contributed by atoms with Crippen LogP contribution in [-0.4, -0.2) is 11.1 Å². The normalized spacial score (nSPS) is 24.7. The molecule has 0 fully saturated rings. The van der Waals surface area contributed by atoms with Gasteiger partial charge in [0.05, 0.1) is 0 Å². The van der Waals surface area contributed by atoms with E-state index in [9.17, 15) is 9.18 Å². The second kappa shape index (κ2) is 3.05. The van der Waals surface area contributed by atoms with Crippen LogP contribution in [0.25, 0.3) is 0 Å². The van der Waals surface area contributed by atoms with Crippen molar-refractivity contribution in [2.45, 2.75) is 18.5 Å². The average Bonchev–Trinajstić information content (AvgIpc) is 2.46. The van der Waals surface area contributed by atoms with Gasteiger partial charge in [-0.2, -0.15) is 0 Å². The first-order valence-electron chi connectivity index (χ1n) is 4.25. The number of benzene rings is 1. The first kappa shape index (κ1) is 9.65. The van der Waals surface area contributed by atoms with Crippen molar-refractivity contribution in [3.63, 3.8) is 0 Å². The minimum absolute atomic E-state index is 0.0358. The number of hydrogen-bond donors (Lipinski definition) is 1. The number of carboxylic acid groups (broad SMARTS) is 1. The van der Waals surface area contributed by atoms with Gasteiger partial charge in [-0.1, -0.05) is 22.0 Å². The topological polar surface area (TPSA) is 37.3 Å². The van der Waals surface area contributed by atoms with Crippen molar-refractivity contribution < 1.29 is 14.3 Å². The molecule has 0 aromatic heterocycles. The molecule has 1 unspecified atom stereocenters. The zero-order chi connectivity index (χ0) is 10.3. The van der Waals surface area contributed by atoms with Crippen LogP contribution in [0.3, 0.4) is 0 Å². The minimum atomic E-state index is -2.20. The summed E-state index contributed by atoms with van der Waals surface area (Å²) in [6.07, 6.45) is 0.527. The van der Waals surface area contributed by atoms with Gasteiger partial charge in [0.2, 0.25) is 5.67 Å². The van der Waals surface area contributed by atoms with E-state index in [0.29, 0.717) is 16.5 Å². The Morgan fingerprint density at radius 2 is 2.29 bits per heavy atom. The van der Waals surface area contributed by atoms with Gasteiger partial charge in [-0.05, 0) is 24.1 Å². The minimum Gasteiger partial charge on any atom is -0.479 e. The maximum atomic E-state index is 14.0. The molecule has 0 heterocycles. The summed E-state index contributed by atoms with van der Waals surface area (Å²) >= 11 is 3.21. The van der Waals surface area contributed by atoms with Gasteiger partial charge in [0.1, 0.15) is 0 Å². The first-order valence-corrected chi connectivity index (χ1v) is 5.04. The molecule has 0 bridgehead atoms. The molecular formula is C10H8BrFO2. The van der Waals surface area contributed by atoms with Crippen LogP contribution in [0.15, 0.2) is 22.7 Å². The monoisotopic (exact) mass is 258 g/mol. The molecular weight excluding hydrogens is 251 g/mol. The second-order valence-electron chi connectivity index (χ2n) is 3.41. The van der Waals surface area contributed by atoms with Crippen molar-refractivity contribution in [1.82, 2.24) is 0 Å². The SMILES string of the molecule is O=C(O)C1(F)CCc2ccc(Br)cc21. The number of hydrogen-bond acceptors (Lipinski definition) is 1. The highest BCUT2D eigenvalue weighted by molar-refractivity contribution is 9.10. The molecule has 0 radical (unpaired) electrons. The Labute approximate surface area is 88.9 Å². The standard InChI is InChI=1S/C10H8BrFO2/c11-7-2-1-6-3-4-10(12,9(13)14)8(6)5-7/h1-2,5H,3-4H2,(H,13,14). The summed E-state index contributed by atoms with van der Waals surface area (Å²) < 4.78 is 14.7. The van der Waals surface area contributed by atoms with Crippen molar-refractivity contribution in [1.29, 1.82) is 0 Å². The van der Waals surface area contributed by atoms with E-state index in [4.69, 9.17) is 5.11 Å². The van der Waals surface area contributed by atoms with Crippen molar-refractivity contribution in [2.75, 3.05) is 0 Å². The van der Waals surface area contributed by atoms with Gasteiger partial charge in [-0.15, -0.1) is 0 Å². The molecule has 0 spiro atoms. The summed E-state index contributed by atoms with van der Waals surface area (Å²) in [5, 5.41) is 8.82. The molecule has 0 saturated heterocycles. The summed E-state index contributed by atoms with van der Waals surface area (Å²) in [6, 6.07) is 5.12. The molecule has 1 aromatic carbocycles.